The normalized spacial score (nSPS) is 10.4. The van der Waals surface area contributed by atoms with Crippen molar-refractivity contribution in [3.05, 3.63) is 53.5 Å². The second-order valence-electron chi connectivity index (χ2n) is 3.68. The van der Waals surface area contributed by atoms with E-state index in [9.17, 15) is 4.79 Å². The lowest BCUT2D eigenvalue weighted by atomic mass is 10.2. The van der Waals surface area contributed by atoms with Crippen LogP contribution in [0.15, 0.2) is 45.7 Å². The molecule has 0 amide bonds. The third-order valence-electron chi connectivity index (χ3n) is 2.24. The summed E-state index contributed by atoms with van der Waals surface area (Å²) in [7, 11) is 0. The van der Waals surface area contributed by atoms with Gasteiger partial charge in [-0.3, -0.25) is 0 Å². The molecule has 88 valence electrons. The van der Waals surface area contributed by atoms with Crippen molar-refractivity contribution in [2.75, 3.05) is 0 Å². The standard InChI is InChI=1S/C13H12O3S/c1-9-3-2-4-11(7-9)17-8-10-5-6-12(16-10)13(14)15/h2-7H,8H2,1H3,(H,14,15). The highest BCUT2D eigenvalue weighted by atomic mass is 32.2. The minimum Gasteiger partial charge on any atom is -0.475 e. The van der Waals surface area contributed by atoms with Crippen LogP contribution < -0.4 is 0 Å². The van der Waals surface area contributed by atoms with Crippen molar-refractivity contribution >= 4 is 17.7 Å². The van der Waals surface area contributed by atoms with Crippen LogP contribution in [0.5, 0.6) is 0 Å². The van der Waals surface area contributed by atoms with Crippen LogP contribution in [0.4, 0.5) is 0 Å². The van der Waals surface area contributed by atoms with Gasteiger partial charge in [0, 0.05) is 4.90 Å². The fourth-order valence-electron chi connectivity index (χ4n) is 1.43. The molecule has 0 atom stereocenters. The summed E-state index contributed by atoms with van der Waals surface area (Å²) in [5, 5.41) is 8.72. The Kier molecular flexibility index (Phi) is 3.54. The molecule has 2 aromatic rings. The van der Waals surface area contributed by atoms with Crippen molar-refractivity contribution in [1.29, 1.82) is 0 Å². The average Bonchev–Trinajstić information content (AvgIpc) is 2.75. The van der Waals surface area contributed by atoms with Crippen LogP contribution in [-0.4, -0.2) is 11.1 Å². The van der Waals surface area contributed by atoms with Gasteiger partial charge in [0.1, 0.15) is 5.76 Å². The van der Waals surface area contributed by atoms with Crippen molar-refractivity contribution in [2.24, 2.45) is 0 Å². The van der Waals surface area contributed by atoms with Gasteiger partial charge in [-0.15, -0.1) is 11.8 Å². The summed E-state index contributed by atoms with van der Waals surface area (Å²) >= 11 is 1.63. The van der Waals surface area contributed by atoms with Crippen LogP contribution in [0, 0.1) is 6.92 Å². The third-order valence-corrected chi connectivity index (χ3v) is 3.26. The molecule has 0 fully saturated rings. The number of hydrogen-bond acceptors (Lipinski definition) is 3. The quantitative estimate of drug-likeness (QED) is 0.840. The zero-order valence-corrected chi connectivity index (χ0v) is 10.2. The second kappa shape index (κ2) is 5.10. The molecule has 1 aromatic heterocycles. The zero-order chi connectivity index (χ0) is 12.3. The van der Waals surface area contributed by atoms with E-state index in [1.54, 1.807) is 17.8 Å². The van der Waals surface area contributed by atoms with E-state index in [0.29, 0.717) is 11.5 Å². The number of hydrogen-bond donors (Lipinski definition) is 1. The van der Waals surface area contributed by atoms with Gasteiger partial charge < -0.3 is 9.52 Å². The molecule has 0 saturated heterocycles. The number of aromatic carboxylic acids is 1. The van der Waals surface area contributed by atoms with E-state index in [4.69, 9.17) is 9.52 Å². The largest absolute Gasteiger partial charge is 0.475 e. The molecule has 0 aliphatic carbocycles. The van der Waals surface area contributed by atoms with Gasteiger partial charge in [0.25, 0.3) is 0 Å². The van der Waals surface area contributed by atoms with Crippen LogP contribution in [0.3, 0.4) is 0 Å². The molecule has 1 aromatic carbocycles. The van der Waals surface area contributed by atoms with Gasteiger partial charge in [0.05, 0.1) is 5.75 Å². The van der Waals surface area contributed by atoms with E-state index >= 15 is 0 Å². The maximum absolute atomic E-state index is 10.6. The Morgan fingerprint density at radius 3 is 2.82 bits per heavy atom. The summed E-state index contributed by atoms with van der Waals surface area (Å²) < 4.78 is 5.18. The Morgan fingerprint density at radius 2 is 2.18 bits per heavy atom. The number of furan rings is 1. The third kappa shape index (κ3) is 3.14. The molecule has 0 radical (unpaired) electrons. The number of carboxylic acids is 1. The lowest BCUT2D eigenvalue weighted by molar-refractivity contribution is 0.0661. The van der Waals surface area contributed by atoms with E-state index in [1.165, 1.54) is 11.6 Å². The highest BCUT2D eigenvalue weighted by Gasteiger charge is 2.08. The monoisotopic (exact) mass is 248 g/mol. The Balaban J connectivity index is 2.00. The molecule has 1 N–H and O–H groups in total. The van der Waals surface area contributed by atoms with Crippen LogP contribution in [0.1, 0.15) is 21.9 Å². The SMILES string of the molecule is Cc1cccc(SCc2ccc(C(=O)O)o2)c1. The van der Waals surface area contributed by atoms with Crippen molar-refractivity contribution in [3.63, 3.8) is 0 Å². The van der Waals surface area contributed by atoms with Gasteiger partial charge in [-0.1, -0.05) is 17.7 Å². The molecule has 2 rings (SSSR count). The molecule has 0 unspecified atom stereocenters. The fraction of sp³-hybridized carbons (Fsp3) is 0.154. The molecular weight excluding hydrogens is 236 g/mol. The number of rotatable bonds is 4. The lowest BCUT2D eigenvalue weighted by Crippen LogP contribution is -1.91. The number of carbonyl (C=O) groups is 1. The Labute approximate surface area is 103 Å². The minimum atomic E-state index is -1.03. The summed E-state index contributed by atoms with van der Waals surface area (Å²) in [5.41, 5.74) is 1.21. The number of carboxylic acid groups (broad SMARTS) is 1. The van der Waals surface area contributed by atoms with Crippen LogP contribution >= 0.6 is 11.8 Å². The number of aryl methyl sites for hydroxylation is 1. The smallest absolute Gasteiger partial charge is 0.371 e. The van der Waals surface area contributed by atoms with E-state index in [2.05, 4.69) is 6.07 Å². The first-order chi connectivity index (χ1) is 8.15. The Bertz CT molecular complexity index is 531. The van der Waals surface area contributed by atoms with E-state index in [1.807, 2.05) is 25.1 Å². The van der Waals surface area contributed by atoms with Gasteiger partial charge in [-0.05, 0) is 31.2 Å². The second-order valence-corrected chi connectivity index (χ2v) is 4.73. The lowest BCUT2D eigenvalue weighted by Gasteiger charge is -2.00. The first kappa shape index (κ1) is 11.8. The molecule has 1 heterocycles. The first-order valence-corrected chi connectivity index (χ1v) is 6.15. The van der Waals surface area contributed by atoms with E-state index in [-0.39, 0.29) is 5.76 Å². The predicted octanol–water partition coefficient (Wildman–Crippen LogP) is 3.58. The van der Waals surface area contributed by atoms with Gasteiger partial charge in [-0.25, -0.2) is 4.79 Å². The Morgan fingerprint density at radius 1 is 1.35 bits per heavy atom. The molecule has 0 aliphatic heterocycles. The average molecular weight is 248 g/mol. The molecule has 3 nitrogen and oxygen atoms in total. The van der Waals surface area contributed by atoms with E-state index < -0.39 is 5.97 Å². The summed E-state index contributed by atoms with van der Waals surface area (Å²) in [5.74, 6) is 0.270. The van der Waals surface area contributed by atoms with Gasteiger partial charge in [0.15, 0.2) is 0 Å². The fourth-order valence-corrected chi connectivity index (χ4v) is 2.34. The predicted molar refractivity (Wildman–Crippen MR) is 66.4 cm³/mol. The van der Waals surface area contributed by atoms with Crippen molar-refractivity contribution < 1.29 is 14.3 Å². The molecule has 0 spiro atoms. The maximum atomic E-state index is 10.6. The number of benzene rings is 1. The summed E-state index contributed by atoms with van der Waals surface area (Å²) in [6.07, 6.45) is 0. The van der Waals surface area contributed by atoms with Crippen LogP contribution in [0.25, 0.3) is 0 Å². The molecule has 4 heteroatoms. The number of thioether (sulfide) groups is 1. The summed E-state index contributed by atoms with van der Waals surface area (Å²) in [6.45, 7) is 2.04. The van der Waals surface area contributed by atoms with Gasteiger partial charge in [0.2, 0.25) is 5.76 Å². The van der Waals surface area contributed by atoms with Crippen molar-refractivity contribution in [1.82, 2.24) is 0 Å². The van der Waals surface area contributed by atoms with E-state index in [0.717, 1.165) is 4.90 Å². The summed E-state index contributed by atoms with van der Waals surface area (Å²) in [4.78, 5) is 11.8. The van der Waals surface area contributed by atoms with Crippen LogP contribution in [0.2, 0.25) is 0 Å². The van der Waals surface area contributed by atoms with Gasteiger partial charge >= 0.3 is 5.97 Å². The van der Waals surface area contributed by atoms with Crippen molar-refractivity contribution in [2.45, 2.75) is 17.6 Å². The Hall–Kier alpha value is -1.68. The van der Waals surface area contributed by atoms with Gasteiger partial charge in [-0.2, -0.15) is 0 Å². The topological polar surface area (TPSA) is 50.4 Å². The van der Waals surface area contributed by atoms with Crippen molar-refractivity contribution in [3.8, 4) is 0 Å². The molecule has 0 saturated carbocycles. The molecule has 17 heavy (non-hydrogen) atoms. The summed E-state index contributed by atoms with van der Waals surface area (Å²) in [6, 6.07) is 11.3. The first-order valence-electron chi connectivity index (χ1n) is 5.16. The van der Waals surface area contributed by atoms with Crippen LogP contribution in [-0.2, 0) is 5.75 Å². The highest BCUT2D eigenvalue weighted by Crippen LogP contribution is 2.24. The minimum absolute atomic E-state index is 0.00941. The highest BCUT2D eigenvalue weighted by molar-refractivity contribution is 7.98. The maximum Gasteiger partial charge on any atom is 0.371 e. The molecular formula is C13H12O3S. The molecule has 0 bridgehead atoms. The zero-order valence-electron chi connectivity index (χ0n) is 9.34. The molecule has 0 aliphatic rings.